The zero-order chi connectivity index (χ0) is 13.8. The van der Waals surface area contributed by atoms with Crippen molar-refractivity contribution < 1.29 is 9.18 Å². The molecule has 0 aromatic carbocycles. The summed E-state index contributed by atoms with van der Waals surface area (Å²) in [7, 11) is 1.55. The Morgan fingerprint density at radius 1 is 1.53 bits per heavy atom. The summed E-state index contributed by atoms with van der Waals surface area (Å²) >= 11 is 0. The minimum Gasteiger partial charge on any atom is -0.368 e. The molecule has 0 aliphatic heterocycles. The van der Waals surface area contributed by atoms with Crippen LogP contribution in [-0.4, -0.2) is 37.6 Å². The van der Waals surface area contributed by atoms with Crippen LogP contribution in [0.2, 0.25) is 0 Å². The van der Waals surface area contributed by atoms with Crippen LogP contribution in [0.25, 0.3) is 0 Å². The first-order valence-electron chi connectivity index (χ1n) is 5.55. The third-order valence-electron chi connectivity index (χ3n) is 2.21. The second-order valence-corrected chi connectivity index (χ2v) is 3.61. The predicted octanol–water partition coefficient (Wildman–Crippen LogP) is 0.428. The van der Waals surface area contributed by atoms with Crippen LogP contribution in [0.3, 0.4) is 0 Å². The number of pyridine rings is 1. The van der Waals surface area contributed by atoms with E-state index in [0.29, 0.717) is 6.54 Å². The lowest BCUT2D eigenvalue weighted by atomic mass is 10.2. The maximum atomic E-state index is 14.0. The van der Waals surface area contributed by atoms with Crippen LogP contribution in [0.1, 0.15) is 17.3 Å². The Labute approximate surface area is 108 Å². The highest BCUT2D eigenvalue weighted by molar-refractivity contribution is 6.03. The van der Waals surface area contributed by atoms with Crippen molar-refractivity contribution in [2.45, 2.75) is 6.92 Å². The first kappa shape index (κ1) is 12.9. The van der Waals surface area contributed by atoms with Gasteiger partial charge in [0, 0.05) is 12.7 Å². The minimum atomic E-state index is -0.717. The maximum Gasteiger partial charge on any atom is 0.270 e. The molecular weight excluding hydrogens is 253 g/mol. The fourth-order valence-corrected chi connectivity index (χ4v) is 1.41. The lowest BCUT2D eigenvalue weighted by molar-refractivity contribution is 0.102. The fourth-order valence-electron chi connectivity index (χ4n) is 1.41. The topological polar surface area (TPSA) is 97.6 Å². The number of nitrogens with zero attached hydrogens (tertiary/aromatic N) is 5. The van der Waals surface area contributed by atoms with Gasteiger partial charge in [-0.2, -0.15) is 4.80 Å². The number of aromatic nitrogens is 5. The molecule has 0 aliphatic carbocycles. The molecule has 2 aromatic rings. The van der Waals surface area contributed by atoms with Gasteiger partial charge in [-0.3, -0.25) is 10.1 Å². The van der Waals surface area contributed by atoms with Crippen LogP contribution in [0, 0.1) is 5.82 Å². The van der Waals surface area contributed by atoms with E-state index < -0.39 is 11.7 Å². The molecule has 8 nitrogen and oxygen atoms in total. The van der Waals surface area contributed by atoms with Crippen molar-refractivity contribution in [3.8, 4) is 0 Å². The zero-order valence-electron chi connectivity index (χ0n) is 10.4. The number of hydrogen-bond donors (Lipinski definition) is 2. The predicted molar refractivity (Wildman–Crippen MR) is 65.1 cm³/mol. The number of hydrogen-bond acceptors (Lipinski definition) is 6. The number of halogens is 1. The third kappa shape index (κ3) is 2.81. The Kier molecular flexibility index (Phi) is 3.64. The summed E-state index contributed by atoms with van der Waals surface area (Å²) in [4.78, 5) is 16.9. The Morgan fingerprint density at radius 2 is 2.32 bits per heavy atom. The van der Waals surface area contributed by atoms with Crippen LogP contribution < -0.4 is 10.6 Å². The molecule has 2 N–H and O–H groups in total. The fraction of sp³-hybridized carbons (Fsp3) is 0.300. The van der Waals surface area contributed by atoms with E-state index in [1.807, 2.05) is 0 Å². The van der Waals surface area contributed by atoms with Crippen molar-refractivity contribution in [3.63, 3.8) is 0 Å². The summed E-state index contributed by atoms with van der Waals surface area (Å²) in [5.74, 6) is -1.34. The molecule has 19 heavy (non-hydrogen) atoms. The molecule has 1 amide bonds. The number of tetrazole rings is 1. The molecule has 0 aliphatic rings. The van der Waals surface area contributed by atoms with E-state index in [1.54, 1.807) is 14.0 Å². The van der Waals surface area contributed by atoms with E-state index in [-0.39, 0.29) is 17.3 Å². The quantitative estimate of drug-likeness (QED) is 0.831. The van der Waals surface area contributed by atoms with Crippen LogP contribution >= 0.6 is 0 Å². The van der Waals surface area contributed by atoms with Gasteiger partial charge in [0.05, 0.1) is 12.6 Å². The van der Waals surface area contributed by atoms with Gasteiger partial charge in [0.2, 0.25) is 0 Å². The number of anilines is 2. The number of rotatable bonds is 4. The molecule has 0 spiro atoms. The molecule has 2 rings (SSSR count). The van der Waals surface area contributed by atoms with Gasteiger partial charge < -0.3 is 5.32 Å². The SMILES string of the molecule is CCNc1nccc(C(=O)Nc2nnn(C)n2)c1F. The van der Waals surface area contributed by atoms with Gasteiger partial charge in [-0.25, -0.2) is 9.37 Å². The number of carbonyl (C=O) groups excluding carboxylic acids is 1. The molecule has 0 radical (unpaired) electrons. The zero-order valence-corrected chi connectivity index (χ0v) is 10.4. The lowest BCUT2D eigenvalue weighted by Gasteiger charge is -2.07. The van der Waals surface area contributed by atoms with Crippen molar-refractivity contribution in [3.05, 3.63) is 23.6 Å². The van der Waals surface area contributed by atoms with Crippen LogP contribution in [0.15, 0.2) is 12.3 Å². The number of carbonyl (C=O) groups is 1. The summed E-state index contributed by atoms with van der Waals surface area (Å²) in [5, 5.41) is 16.0. The summed E-state index contributed by atoms with van der Waals surface area (Å²) < 4.78 is 14.0. The van der Waals surface area contributed by atoms with E-state index in [2.05, 4.69) is 31.0 Å². The van der Waals surface area contributed by atoms with E-state index in [4.69, 9.17) is 0 Å². The van der Waals surface area contributed by atoms with Crippen molar-refractivity contribution in [2.24, 2.45) is 7.05 Å². The van der Waals surface area contributed by atoms with Crippen molar-refractivity contribution in [2.75, 3.05) is 17.2 Å². The molecule has 2 heterocycles. The minimum absolute atomic E-state index is 0.00807. The van der Waals surface area contributed by atoms with Crippen LogP contribution in [0.4, 0.5) is 16.2 Å². The first-order chi connectivity index (χ1) is 9.11. The van der Waals surface area contributed by atoms with E-state index >= 15 is 0 Å². The molecule has 0 saturated heterocycles. The average molecular weight is 265 g/mol. The van der Waals surface area contributed by atoms with Crippen LogP contribution in [-0.2, 0) is 7.05 Å². The molecular formula is C10H12FN7O. The highest BCUT2D eigenvalue weighted by Gasteiger charge is 2.17. The van der Waals surface area contributed by atoms with Gasteiger partial charge in [-0.05, 0) is 18.2 Å². The highest BCUT2D eigenvalue weighted by atomic mass is 19.1. The molecule has 9 heteroatoms. The Morgan fingerprint density at radius 3 is 2.95 bits per heavy atom. The van der Waals surface area contributed by atoms with E-state index in [9.17, 15) is 9.18 Å². The maximum absolute atomic E-state index is 14.0. The number of nitrogens with one attached hydrogen (secondary N) is 2. The van der Waals surface area contributed by atoms with Crippen molar-refractivity contribution >= 4 is 17.7 Å². The molecule has 0 bridgehead atoms. The largest absolute Gasteiger partial charge is 0.368 e. The highest BCUT2D eigenvalue weighted by Crippen LogP contribution is 2.15. The summed E-state index contributed by atoms with van der Waals surface area (Å²) in [6.07, 6.45) is 1.35. The van der Waals surface area contributed by atoms with Gasteiger partial charge >= 0.3 is 0 Å². The first-order valence-corrected chi connectivity index (χ1v) is 5.55. The van der Waals surface area contributed by atoms with Gasteiger partial charge in [-0.15, -0.1) is 5.10 Å². The van der Waals surface area contributed by atoms with Crippen molar-refractivity contribution in [1.29, 1.82) is 0 Å². The molecule has 100 valence electrons. The second-order valence-electron chi connectivity index (χ2n) is 3.61. The molecule has 0 fully saturated rings. The third-order valence-corrected chi connectivity index (χ3v) is 2.21. The summed E-state index contributed by atoms with van der Waals surface area (Å²) in [5.41, 5.74) is -0.140. The van der Waals surface area contributed by atoms with E-state index in [0.717, 1.165) is 0 Å². The van der Waals surface area contributed by atoms with Gasteiger partial charge in [-0.1, -0.05) is 5.10 Å². The summed E-state index contributed by atoms with van der Waals surface area (Å²) in [6.45, 7) is 2.30. The molecule has 0 atom stereocenters. The lowest BCUT2D eigenvalue weighted by Crippen LogP contribution is -2.16. The number of aryl methyl sites for hydroxylation is 1. The molecule has 2 aromatic heterocycles. The van der Waals surface area contributed by atoms with Crippen molar-refractivity contribution in [1.82, 2.24) is 25.2 Å². The smallest absolute Gasteiger partial charge is 0.270 e. The summed E-state index contributed by atoms with van der Waals surface area (Å²) in [6, 6.07) is 1.28. The second kappa shape index (κ2) is 5.38. The Hall–Kier alpha value is -2.58. The number of amides is 1. The Bertz CT molecular complexity index is 597. The van der Waals surface area contributed by atoms with Gasteiger partial charge in [0.15, 0.2) is 11.6 Å². The van der Waals surface area contributed by atoms with Gasteiger partial charge in [0.25, 0.3) is 11.9 Å². The molecule has 0 saturated carbocycles. The standard InChI is InChI=1S/C10H12FN7O/c1-3-12-8-7(11)6(4-5-13-8)9(19)14-10-15-17-18(2)16-10/h4-5H,3H2,1-2H3,(H,12,13)(H,14,16,19). The average Bonchev–Trinajstić information content (AvgIpc) is 2.77. The molecule has 0 unspecified atom stereocenters. The van der Waals surface area contributed by atoms with Crippen LogP contribution in [0.5, 0.6) is 0 Å². The van der Waals surface area contributed by atoms with Gasteiger partial charge in [0.1, 0.15) is 0 Å². The monoisotopic (exact) mass is 265 g/mol. The normalized spacial score (nSPS) is 10.3. The van der Waals surface area contributed by atoms with E-state index in [1.165, 1.54) is 17.1 Å². The Balaban J connectivity index is 2.21.